The lowest BCUT2D eigenvalue weighted by Gasteiger charge is -2.45. The highest BCUT2D eigenvalue weighted by atomic mass is 35.5. The average Bonchev–Trinajstić information content (AvgIpc) is 2.69. The number of hydrogen-bond acceptors (Lipinski definition) is 0. The summed E-state index contributed by atoms with van der Waals surface area (Å²) in [5.41, 5.74) is 1.15. The van der Waals surface area contributed by atoms with Crippen molar-refractivity contribution in [2.75, 3.05) is 0 Å². The third kappa shape index (κ3) is 3.88. The zero-order valence-electron chi connectivity index (χ0n) is 15.8. The van der Waals surface area contributed by atoms with E-state index in [1.807, 2.05) is 6.07 Å². The molecule has 4 unspecified atom stereocenters. The number of allylic oxidation sites excluding steroid dienone is 1. The average molecular weight is 375 g/mol. The Morgan fingerprint density at radius 1 is 0.846 bits per heavy atom. The summed E-state index contributed by atoms with van der Waals surface area (Å²) in [5.74, 6) is 4.84. The van der Waals surface area contributed by atoms with Crippen LogP contribution in [0.5, 0.6) is 0 Å². The van der Waals surface area contributed by atoms with E-state index in [0.717, 1.165) is 35.2 Å². The lowest BCUT2D eigenvalue weighted by Crippen LogP contribution is -2.34. The Morgan fingerprint density at radius 3 is 2.15 bits per heavy atom. The molecule has 4 rings (SSSR count). The van der Waals surface area contributed by atoms with Gasteiger partial charge >= 0.3 is 0 Å². The van der Waals surface area contributed by atoms with Crippen LogP contribution >= 0.6 is 11.6 Å². The van der Waals surface area contributed by atoms with E-state index in [2.05, 4.69) is 12.7 Å². The number of halogens is 2. The first-order valence-corrected chi connectivity index (χ1v) is 11.1. The fourth-order valence-corrected chi connectivity index (χ4v) is 6.41. The van der Waals surface area contributed by atoms with E-state index in [1.165, 1.54) is 64.2 Å². The second kappa shape index (κ2) is 8.05. The van der Waals surface area contributed by atoms with Crippen molar-refractivity contribution in [3.05, 3.63) is 47.3 Å². The van der Waals surface area contributed by atoms with E-state index in [0.29, 0.717) is 5.92 Å². The van der Waals surface area contributed by atoms with Crippen LogP contribution in [0, 0.1) is 35.4 Å². The van der Waals surface area contributed by atoms with Crippen molar-refractivity contribution >= 4 is 11.6 Å². The van der Waals surface area contributed by atoms with Crippen LogP contribution in [-0.2, 0) is 0 Å². The van der Waals surface area contributed by atoms with Crippen LogP contribution in [0.4, 0.5) is 4.39 Å². The Hall–Kier alpha value is -0.820. The summed E-state index contributed by atoms with van der Waals surface area (Å²) in [6.45, 7) is 4.02. The molecule has 3 aliphatic carbocycles. The Balaban J connectivity index is 1.31. The zero-order valence-corrected chi connectivity index (χ0v) is 16.6. The Bertz CT molecular complexity index is 631. The first-order chi connectivity index (χ1) is 12.6. The van der Waals surface area contributed by atoms with Crippen molar-refractivity contribution in [2.24, 2.45) is 29.6 Å². The van der Waals surface area contributed by atoms with E-state index in [-0.39, 0.29) is 10.8 Å². The molecule has 0 radical (unpaired) electrons. The molecule has 142 valence electrons. The minimum atomic E-state index is -0.264. The van der Waals surface area contributed by atoms with Crippen molar-refractivity contribution in [2.45, 2.75) is 70.1 Å². The highest BCUT2D eigenvalue weighted by Gasteiger charge is 2.38. The van der Waals surface area contributed by atoms with E-state index in [9.17, 15) is 4.39 Å². The number of rotatable bonds is 3. The third-order valence-corrected chi connectivity index (χ3v) is 8.19. The molecule has 3 saturated carbocycles. The monoisotopic (exact) mass is 374 g/mol. The summed E-state index contributed by atoms with van der Waals surface area (Å²) in [6.07, 6.45) is 15.8. The summed E-state index contributed by atoms with van der Waals surface area (Å²) in [4.78, 5) is 0. The molecule has 0 spiro atoms. The molecule has 4 atom stereocenters. The highest BCUT2D eigenvalue weighted by Crippen LogP contribution is 2.50. The molecular weight excluding hydrogens is 343 g/mol. The van der Waals surface area contributed by atoms with Gasteiger partial charge in [-0.05, 0) is 117 Å². The van der Waals surface area contributed by atoms with Crippen molar-refractivity contribution in [3.63, 3.8) is 0 Å². The molecule has 3 aliphatic rings. The van der Waals surface area contributed by atoms with Crippen molar-refractivity contribution in [3.8, 4) is 0 Å². The lowest BCUT2D eigenvalue weighted by atomic mass is 9.61. The normalized spacial score (nSPS) is 37.8. The van der Waals surface area contributed by atoms with Crippen LogP contribution in [0.15, 0.2) is 30.9 Å². The molecule has 0 heterocycles. The summed E-state index contributed by atoms with van der Waals surface area (Å²) in [5, 5.41) is 0.241. The number of fused-ring (bicyclic) bond motifs is 1. The van der Waals surface area contributed by atoms with Gasteiger partial charge in [-0.25, -0.2) is 4.39 Å². The van der Waals surface area contributed by atoms with Crippen LogP contribution < -0.4 is 0 Å². The molecule has 26 heavy (non-hydrogen) atoms. The molecule has 0 aliphatic heterocycles. The zero-order chi connectivity index (χ0) is 18.1. The summed E-state index contributed by atoms with van der Waals surface area (Å²) >= 11 is 5.84. The van der Waals surface area contributed by atoms with Crippen LogP contribution in [0.1, 0.15) is 75.7 Å². The van der Waals surface area contributed by atoms with E-state index in [1.54, 1.807) is 12.1 Å². The number of hydrogen-bond donors (Lipinski definition) is 0. The predicted molar refractivity (Wildman–Crippen MR) is 108 cm³/mol. The maximum atomic E-state index is 13.8. The quantitative estimate of drug-likeness (QED) is 0.474. The third-order valence-electron chi connectivity index (χ3n) is 7.88. The molecule has 1 aromatic rings. The van der Waals surface area contributed by atoms with Crippen LogP contribution in [0.25, 0.3) is 0 Å². The first-order valence-electron chi connectivity index (χ1n) is 10.7. The maximum absolute atomic E-state index is 13.8. The molecule has 0 amide bonds. The maximum Gasteiger partial charge on any atom is 0.142 e. The van der Waals surface area contributed by atoms with Gasteiger partial charge in [0.05, 0.1) is 5.02 Å². The minimum Gasteiger partial charge on any atom is -0.205 e. The van der Waals surface area contributed by atoms with Gasteiger partial charge in [0.15, 0.2) is 0 Å². The second-order valence-electron chi connectivity index (χ2n) is 9.19. The second-order valence-corrected chi connectivity index (χ2v) is 9.59. The largest absolute Gasteiger partial charge is 0.205 e. The van der Waals surface area contributed by atoms with Crippen molar-refractivity contribution < 1.29 is 4.39 Å². The smallest absolute Gasteiger partial charge is 0.142 e. The Morgan fingerprint density at radius 2 is 1.46 bits per heavy atom. The SMILES string of the molecule is C=CC1CCC2CC(C3CCC(c4ccc(Cl)c(F)c4)CC3)CCC2C1. The summed E-state index contributed by atoms with van der Waals surface area (Å²) in [7, 11) is 0. The molecule has 0 N–H and O–H groups in total. The van der Waals surface area contributed by atoms with Crippen molar-refractivity contribution in [1.29, 1.82) is 0 Å². The molecule has 2 heteroatoms. The molecule has 0 aromatic heterocycles. The van der Waals surface area contributed by atoms with Crippen LogP contribution in [0.2, 0.25) is 5.02 Å². The molecule has 0 saturated heterocycles. The van der Waals surface area contributed by atoms with Gasteiger partial charge in [-0.15, -0.1) is 6.58 Å². The molecule has 3 fully saturated rings. The van der Waals surface area contributed by atoms with Gasteiger partial charge in [-0.1, -0.05) is 23.7 Å². The standard InChI is InChI=1S/C24H32ClF/c1-2-16-3-4-21-14-20(10-9-19(21)13-16)17-5-7-18(8-6-17)22-11-12-23(25)24(26)15-22/h2,11-12,15-21H,1,3-10,13-14H2. The van der Waals surface area contributed by atoms with Gasteiger partial charge in [0, 0.05) is 0 Å². The van der Waals surface area contributed by atoms with Gasteiger partial charge in [0.2, 0.25) is 0 Å². The number of benzene rings is 1. The van der Waals surface area contributed by atoms with Gasteiger partial charge in [0.25, 0.3) is 0 Å². The fraction of sp³-hybridized carbons (Fsp3) is 0.667. The topological polar surface area (TPSA) is 0 Å². The van der Waals surface area contributed by atoms with Crippen LogP contribution in [0.3, 0.4) is 0 Å². The molecular formula is C24H32ClF. The lowest BCUT2D eigenvalue weighted by molar-refractivity contribution is 0.0719. The first kappa shape index (κ1) is 18.5. The highest BCUT2D eigenvalue weighted by molar-refractivity contribution is 6.30. The van der Waals surface area contributed by atoms with Gasteiger partial charge in [-0.2, -0.15) is 0 Å². The fourth-order valence-electron chi connectivity index (χ4n) is 6.29. The van der Waals surface area contributed by atoms with E-state index >= 15 is 0 Å². The Kier molecular flexibility index (Phi) is 5.74. The van der Waals surface area contributed by atoms with Gasteiger partial charge in [-0.3, -0.25) is 0 Å². The molecule has 0 nitrogen and oxygen atoms in total. The predicted octanol–water partition coefficient (Wildman–Crippen LogP) is 7.77. The van der Waals surface area contributed by atoms with Gasteiger partial charge < -0.3 is 0 Å². The minimum absolute atomic E-state index is 0.241. The van der Waals surface area contributed by atoms with E-state index < -0.39 is 0 Å². The molecule has 0 bridgehead atoms. The molecule has 1 aromatic carbocycles. The summed E-state index contributed by atoms with van der Waals surface area (Å²) < 4.78 is 13.8. The van der Waals surface area contributed by atoms with E-state index in [4.69, 9.17) is 11.6 Å². The van der Waals surface area contributed by atoms with Gasteiger partial charge in [0.1, 0.15) is 5.82 Å². The van der Waals surface area contributed by atoms with Crippen molar-refractivity contribution in [1.82, 2.24) is 0 Å². The summed E-state index contributed by atoms with van der Waals surface area (Å²) in [6, 6.07) is 5.41. The van der Waals surface area contributed by atoms with Crippen LogP contribution in [-0.4, -0.2) is 0 Å². The Labute approximate surface area is 163 Å².